The predicted octanol–water partition coefficient (Wildman–Crippen LogP) is 2.75. The maximum absolute atomic E-state index is 2.48. The molecule has 10 heavy (non-hydrogen) atoms. The topological polar surface area (TPSA) is 0 Å². The number of fused-ring (bicyclic) bond motifs is 1. The quantitative estimate of drug-likeness (QED) is 0.484. The second kappa shape index (κ2) is 1.66. The molecular formula is C10H14. The molecule has 0 nitrogen and oxygen atoms in total. The molecule has 0 N–H and O–H groups in total. The first-order valence-electron chi connectivity index (χ1n) is 4.62. The van der Waals surface area contributed by atoms with Crippen molar-refractivity contribution in [1.29, 1.82) is 0 Å². The molecule has 0 heteroatoms. The maximum Gasteiger partial charge on any atom is -0.0172 e. The average molecular weight is 134 g/mol. The van der Waals surface area contributed by atoms with E-state index in [-0.39, 0.29) is 0 Å². The van der Waals surface area contributed by atoms with Gasteiger partial charge in [-0.05, 0) is 49.9 Å². The summed E-state index contributed by atoms with van der Waals surface area (Å²) in [5.41, 5.74) is 1.82. The van der Waals surface area contributed by atoms with E-state index in [1.165, 1.54) is 12.8 Å². The van der Waals surface area contributed by atoms with Crippen molar-refractivity contribution in [3.63, 3.8) is 0 Å². The highest BCUT2D eigenvalue weighted by Gasteiger charge is 2.45. The molecule has 0 aromatic rings. The minimum absolute atomic E-state index is 1.07. The van der Waals surface area contributed by atoms with E-state index in [9.17, 15) is 0 Å². The average Bonchev–Trinajstić information content (AvgIpc) is 2.12. The summed E-state index contributed by atoms with van der Waals surface area (Å²) in [4.78, 5) is 0. The lowest BCUT2D eigenvalue weighted by molar-refractivity contribution is 0.283. The molecular weight excluding hydrogens is 120 g/mol. The zero-order valence-corrected chi connectivity index (χ0v) is 6.34. The Morgan fingerprint density at radius 2 is 2.00 bits per heavy atom. The highest BCUT2D eigenvalue weighted by molar-refractivity contribution is 5.21. The third kappa shape index (κ3) is 0.531. The lowest BCUT2D eigenvalue weighted by atomic mass is 9.78. The van der Waals surface area contributed by atoms with Crippen LogP contribution in [0.4, 0.5) is 0 Å². The summed E-state index contributed by atoms with van der Waals surface area (Å²) in [6.07, 6.45) is 9.99. The van der Waals surface area contributed by atoms with E-state index >= 15 is 0 Å². The van der Waals surface area contributed by atoms with Crippen LogP contribution < -0.4 is 0 Å². The van der Waals surface area contributed by atoms with Crippen LogP contribution >= 0.6 is 0 Å². The SMILES string of the molecule is C1=C(C2CC3CC2C3)CC1. The van der Waals surface area contributed by atoms with E-state index < -0.39 is 0 Å². The first kappa shape index (κ1) is 5.40. The fourth-order valence-electron chi connectivity index (χ4n) is 2.96. The molecule has 4 aliphatic carbocycles. The first-order chi connectivity index (χ1) is 4.93. The summed E-state index contributed by atoms with van der Waals surface area (Å²) in [5, 5.41) is 0. The molecule has 0 aromatic heterocycles. The molecule has 0 radical (unpaired) electrons. The van der Waals surface area contributed by atoms with E-state index in [4.69, 9.17) is 0 Å². The van der Waals surface area contributed by atoms with Gasteiger partial charge in [0.25, 0.3) is 0 Å². The second-order valence-corrected chi connectivity index (χ2v) is 4.26. The lowest BCUT2D eigenvalue weighted by Crippen LogP contribution is -2.16. The molecule has 4 rings (SSSR count). The van der Waals surface area contributed by atoms with Crippen LogP contribution in [-0.2, 0) is 0 Å². The van der Waals surface area contributed by atoms with Crippen molar-refractivity contribution in [2.45, 2.75) is 32.1 Å². The van der Waals surface area contributed by atoms with Gasteiger partial charge in [0, 0.05) is 0 Å². The fraction of sp³-hybridized carbons (Fsp3) is 0.800. The van der Waals surface area contributed by atoms with Gasteiger partial charge in [0.05, 0.1) is 0 Å². The van der Waals surface area contributed by atoms with E-state index in [2.05, 4.69) is 6.08 Å². The van der Waals surface area contributed by atoms with Crippen LogP contribution in [0.25, 0.3) is 0 Å². The van der Waals surface area contributed by atoms with E-state index in [0.717, 1.165) is 17.8 Å². The summed E-state index contributed by atoms with van der Waals surface area (Å²) >= 11 is 0. The normalized spacial score (nSPS) is 49.6. The van der Waals surface area contributed by atoms with Gasteiger partial charge in [-0.2, -0.15) is 0 Å². The Labute approximate surface area is 62.3 Å². The molecule has 2 bridgehead atoms. The van der Waals surface area contributed by atoms with Crippen LogP contribution in [-0.4, -0.2) is 0 Å². The molecule has 3 fully saturated rings. The molecule has 0 saturated heterocycles. The van der Waals surface area contributed by atoms with Gasteiger partial charge in [-0.25, -0.2) is 0 Å². The van der Waals surface area contributed by atoms with Crippen LogP contribution in [0.5, 0.6) is 0 Å². The Hall–Kier alpha value is -0.260. The molecule has 1 atom stereocenters. The van der Waals surface area contributed by atoms with Gasteiger partial charge in [0.15, 0.2) is 0 Å². The van der Waals surface area contributed by atoms with Gasteiger partial charge in [-0.15, -0.1) is 0 Å². The predicted molar refractivity (Wildman–Crippen MR) is 41.6 cm³/mol. The second-order valence-electron chi connectivity index (χ2n) is 4.26. The third-order valence-corrected chi connectivity index (χ3v) is 3.74. The molecule has 0 spiro atoms. The Balaban J connectivity index is 1.82. The summed E-state index contributed by atoms with van der Waals surface area (Å²) < 4.78 is 0. The number of hydrogen-bond acceptors (Lipinski definition) is 0. The largest absolute Gasteiger partial charge is 0.0847 e. The Morgan fingerprint density at radius 1 is 1.20 bits per heavy atom. The zero-order chi connectivity index (χ0) is 6.55. The molecule has 0 amide bonds. The number of allylic oxidation sites excluding steroid dienone is 2. The van der Waals surface area contributed by atoms with Crippen LogP contribution in [0.15, 0.2) is 11.6 Å². The van der Waals surface area contributed by atoms with Crippen molar-refractivity contribution >= 4 is 0 Å². The molecule has 0 heterocycles. The van der Waals surface area contributed by atoms with Crippen LogP contribution in [0.2, 0.25) is 0 Å². The monoisotopic (exact) mass is 134 g/mol. The van der Waals surface area contributed by atoms with Gasteiger partial charge < -0.3 is 0 Å². The van der Waals surface area contributed by atoms with Gasteiger partial charge >= 0.3 is 0 Å². The van der Waals surface area contributed by atoms with Gasteiger partial charge in [-0.1, -0.05) is 11.6 Å². The molecule has 1 unspecified atom stereocenters. The van der Waals surface area contributed by atoms with Crippen molar-refractivity contribution in [2.24, 2.45) is 17.8 Å². The van der Waals surface area contributed by atoms with E-state index in [1.807, 2.05) is 5.57 Å². The Kier molecular flexibility index (Phi) is 0.898. The van der Waals surface area contributed by atoms with Crippen LogP contribution in [0.1, 0.15) is 32.1 Å². The molecule has 4 aliphatic rings. The Bertz CT molecular complexity index is 184. The smallest absolute Gasteiger partial charge is 0.0172 e. The van der Waals surface area contributed by atoms with Crippen molar-refractivity contribution in [1.82, 2.24) is 0 Å². The number of hydrogen-bond donors (Lipinski definition) is 0. The molecule has 0 aliphatic heterocycles. The standard InChI is InChI=1S/C10H14/c1-2-8(3-1)10-6-7-4-9(10)5-7/h2,7,9-10H,1,3-6H2. The van der Waals surface area contributed by atoms with Gasteiger partial charge in [0.1, 0.15) is 0 Å². The maximum atomic E-state index is 2.48. The van der Waals surface area contributed by atoms with E-state index in [0.29, 0.717) is 0 Å². The molecule has 3 saturated carbocycles. The minimum Gasteiger partial charge on any atom is -0.0847 e. The highest BCUT2D eigenvalue weighted by atomic mass is 14.5. The number of rotatable bonds is 1. The van der Waals surface area contributed by atoms with Crippen LogP contribution in [0.3, 0.4) is 0 Å². The van der Waals surface area contributed by atoms with Crippen molar-refractivity contribution in [3.05, 3.63) is 11.6 Å². The molecule has 54 valence electrons. The summed E-state index contributed by atoms with van der Waals surface area (Å²) in [7, 11) is 0. The Morgan fingerprint density at radius 3 is 2.40 bits per heavy atom. The summed E-state index contributed by atoms with van der Waals surface area (Å²) in [6.45, 7) is 0. The van der Waals surface area contributed by atoms with Crippen molar-refractivity contribution in [2.75, 3.05) is 0 Å². The van der Waals surface area contributed by atoms with E-state index in [1.54, 1.807) is 19.3 Å². The van der Waals surface area contributed by atoms with Gasteiger partial charge in [0.2, 0.25) is 0 Å². The van der Waals surface area contributed by atoms with Crippen molar-refractivity contribution in [3.8, 4) is 0 Å². The van der Waals surface area contributed by atoms with Crippen LogP contribution in [0, 0.1) is 17.8 Å². The summed E-state index contributed by atoms with van der Waals surface area (Å²) in [5.74, 6) is 3.35. The first-order valence-corrected chi connectivity index (χ1v) is 4.62. The van der Waals surface area contributed by atoms with Crippen molar-refractivity contribution < 1.29 is 0 Å². The summed E-state index contributed by atoms with van der Waals surface area (Å²) in [6, 6.07) is 0. The third-order valence-electron chi connectivity index (χ3n) is 3.74. The molecule has 0 aromatic carbocycles. The minimum atomic E-state index is 1.07. The zero-order valence-electron chi connectivity index (χ0n) is 6.34. The highest BCUT2D eigenvalue weighted by Crippen LogP contribution is 2.56. The fourth-order valence-corrected chi connectivity index (χ4v) is 2.96. The van der Waals surface area contributed by atoms with Gasteiger partial charge in [-0.3, -0.25) is 0 Å². The lowest BCUT2D eigenvalue weighted by Gasteiger charge is -2.28.